The molecule has 0 bridgehead atoms. The summed E-state index contributed by atoms with van der Waals surface area (Å²) in [6, 6.07) is 4.26. The van der Waals surface area contributed by atoms with Crippen molar-refractivity contribution < 1.29 is 0 Å². The number of pyridine rings is 1. The van der Waals surface area contributed by atoms with Crippen molar-refractivity contribution in [1.29, 1.82) is 0 Å². The van der Waals surface area contributed by atoms with Gasteiger partial charge in [0.05, 0.1) is 6.04 Å². The predicted molar refractivity (Wildman–Crippen MR) is 83.5 cm³/mol. The van der Waals surface area contributed by atoms with E-state index in [2.05, 4.69) is 46.2 Å². The third-order valence-electron chi connectivity index (χ3n) is 3.53. The number of aliphatic imine (C=N–C) groups is 2. The quantitative estimate of drug-likeness (QED) is 0.769. The fraction of sp³-hybridized carbons (Fsp3) is 0.235. The molecule has 0 fully saturated rings. The molecule has 20 heavy (non-hydrogen) atoms. The number of nitrogens with zero attached hydrogens (tertiary/aromatic N) is 3. The van der Waals surface area contributed by atoms with Crippen molar-refractivity contribution in [3.05, 3.63) is 65.5 Å². The Morgan fingerprint density at radius 1 is 1.25 bits per heavy atom. The van der Waals surface area contributed by atoms with Crippen molar-refractivity contribution in [1.82, 2.24) is 4.98 Å². The van der Waals surface area contributed by atoms with Crippen LogP contribution >= 0.6 is 0 Å². The van der Waals surface area contributed by atoms with E-state index in [9.17, 15) is 0 Å². The summed E-state index contributed by atoms with van der Waals surface area (Å²) in [4.78, 5) is 13.2. The summed E-state index contributed by atoms with van der Waals surface area (Å²) in [7, 11) is 0. The van der Waals surface area contributed by atoms with Crippen LogP contribution < -0.4 is 0 Å². The fourth-order valence-corrected chi connectivity index (χ4v) is 2.45. The van der Waals surface area contributed by atoms with Crippen molar-refractivity contribution in [2.45, 2.75) is 19.4 Å². The van der Waals surface area contributed by atoms with E-state index < -0.39 is 0 Å². The second-order valence-electron chi connectivity index (χ2n) is 4.91. The van der Waals surface area contributed by atoms with Crippen LogP contribution in [0, 0.1) is 0 Å². The summed E-state index contributed by atoms with van der Waals surface area (Å²) in [5.41, 5.74) is 4.78. The van der Waals surface area contributed by atoms with E-state index in [0.717, 1.165) is 18.7 Å². The van der Waals surface area contributed by atoms with Gasteiger partial charge in [0, 0.05) is 36.4 Å². The van der Waals surface area contributed by atoms with Crippen LogP contribution in [0.3, 0.4) is 0 Å². The molecule has 2 heterocycles. The molecule has 1 atom stereocenters. The molecule has 0 aromatic carbocycles. The first-order valence-corrected chi connectivity index (χ1v) is 6.87. The average Bonchev–Trinajstić information content (AvgIpc) is 2.80. The number of allylic oxidation sites excluding steroid dienone is 3. The Morgan fingerprint density at radius 2 is 2.10 bits per heavy atom. The minimum atomic E-state index is 0.196. The van der Waals surface area contributed by atoms with Gasteiger partial charge in [-0.05, 0) is 36.6 Å². The Bertz CT molecular complexity index is 633. The van der Waals surface area contributed by atoms with E-state index in [1.54, 1.807) is 0 Å². The van der Waals surface area contributed by atoms with Gasteiger partial charge in [0.15, 0.2) is 0 Å². The third-order valence-corrected chi connectivity index (χ3v) is 3.53. The van der Waals surface area contributed by atoms with Crippen LogP contribution in [0.5, 0.6) is 0 Å². The van der Waals surface area contributed by atoms with E-state index in [-0.39, 0.29) is 6.04 Å². The Morgan fingerprint density at radius 3 is 2.95 bits per heavy atom. The molecule has 3 nitrogen and oxygen atoms in total. The lowest BCUT2D eigenvalue weighted by Crippen LogP contribution is -2.03. The van der Waals surface area contributed by atoms with E-state index >= 15 is 0 Å². The molecule has 1 unspecified atom stereocenters. The van der Waals surface area contributed by atoms with Gasteiger partial charge in [0.25, 0.3) is 0 Å². The third kappa shape index (κ3) is 2.67. The van der Waals surface area contributed by atoms with Gasteiger partial charge in [-0.15, -0.1) is 0 Å². The lowest BCUT2D eigenvalue weighted by Gasteiger charge is -2.07. The molecule has 2 aliphatic rings. The second-order valence-corrected chi connectivity index (χ2v) is 4.91. The molecular formula is C17H17N3. The van der Waals surface area contributed by atoms with Gasteiger partial charge < -0.3 is 0 Å². The zero-order valence-corrected chi connectivity index (χ0v) is 11.5. The summed E-state index contributed by atoms with van der Waals surface area (Å²) in [5, 5.41) is 0. The second kappa shape index (κ2) is 5.78. The van der Waals surface area contributed by atoms with Crippen LogP contribution in [-0.4, -0.2) is 29.5 Å². The Labute approximate surface area is 119 Å². The minimum absolute atomic E-state index is 0.196. The van der Waals surface area contributed by atoms with E-state index in [1.165, 1.54) is 16.7 Å². The molecule has 1 aliphatic carbocycles. The van der Waals surface area contributed by atoms with Crippen LogP contribution in [0.25, 0.3) is 0 Å². The summed E-state index contributed by atoms with van der Waals surface area (Å²) >= 11 is 0. The summed E-state index contributed by atoms with van der Waals surface area (Å²) < 4.78 is 0. The summed E-state index contributed by atoms with van der Waals surface area (Å²) in [6.45, 7) is 2.84. The zero-order valence-electron chi connectivity index (χ0n) is 11.5. The van der Waals surface area contributed by atoms with Gasteiger partial charge in [0.1, 0.15) is 0 Å². The largest absolute Gasteiger partial charge is 0.292 e. The highest BCUT2D eigenvalue weighted by Crippen LogP contribution is 2.25. The highest BCUT2D eigenvalue weighted by Gasteiger charge is 2.21. The fourth-order valence-electron chi connectivity index (χ4n) is 2.45. The van der Waals surface area contributed by atoms with Gasteiger partial charge in [-0.3, -0.25) is 15.0 Å². The van der Waals surface area contributed by atoms with E-state index in [4.69, 9.17) is 0 Å². The minimum Gasteiger partial charge on any atom is -0.292 e. The zero-order chi connectivity index (χ0) is 13.8. The molecular weight excluding hydrogens is 246 g/mol. The lowest BCUT2D eigenvalue weighted by molar-refractivity contribution is 0.968. The van der Waals surface area contributed by atoms with Crippen molar-refractivity contribution in [3.8, 4) is 0 Å². The molecule has 0 saturated heterocycles. The van der Waals surface area contributed by atoms with Crippen LogP contribution in [0.15, 0.2) is 70.0 Å². The lowest BCUT2D eigenvalue weighted by atomic mass is 9.99. The van der Waals surface area contributed by atoms with Gasteiger partial charge in [-0.25, -0.2) is 0 Å². The van der Waals surface area contributed by atoms with Crippen molar-refractivity contribution in [2.75, 3.05) is 6.54 Å². The molecule has 0 amide bonds. The normalized spacial score (nSPS) is 20.6. The van der Waals surface area contributed by atoms with Crippen LogP contribution in [0.1, 0.15) is 12.5 Å². The molecule has 1 aromatic rings. The van der Waals surface area contributed by atoms with Gasteiger partial charge in [-0.1, -0.05) is 24.3 Å². The monoisotopic (exact) mass is 263 g/mol. The molecule has 0 N–H and O–H groups in total. The van der Waals surface area contributed by atoms with Crippen LogP contribution in [0.2, 0.25) is 0 Å². The Kier molecular flexibility index (Phi) is 3.68. The first-order valence-electron chi connectivity index (χ1n) is 6.87. The maximum Gasteiger partial charge on any atom is 0.0943 e. The average molecular weight is 263 g/mol. The molecule has 0 saturated carbocycles. The van der Waals surface area contributed by atoms with E-state index in [0.29, 0.717) is 0 Å². The molecule has 0 radical (unpaired) electrons. The molecule has 1 aromatic heterocycles. The SMILES string of the molecule is CC1=NC2C=CC=CC2=C1C=NCCc1ccncc1. The van der Waals surface area contributed by atoms with Gasteiger partial charge in [0.2, 0.25) is 0 Å². The van der Waals surface area contributed by atoms with Crippen molar-refractivity contribution >= 4 is 11.9 Å². The maximum absolute atomic E-state index is 4.63. The van der Waals surface area contributed by atoms with Crippen molar-refractivity contribution in [3.63, 3.8) is 0 Å². The Hall–Kier alpha value is -2.29. The summed E-state index contributed by atoms with van der Waals surface area (Å²) in [6.07, 6.45) is 14.9. The topological polar surface area (TPSA) is 37.6 Å². The van der Waals surface area contributed by atoms with Crippen molar-refractivity contribution in [2.24, 2.45) is 9.98 Å². The first-order chi connectivity index (χ1) is 9.84. The molecule has 1 aliphatic heterocycles. The van der Waals surface area contributed by atoms with Gasteiger partial charge in [-0.2, -0.15) is 0 Å². The molecule has 3 heteroatoms. The highest BCUT2D eigenvalue weighted by atomic mass is 14.8. The number of hydrogen-bond donors (Lipinski definition) is 0. The Balaban J connectivity index is 1.66. The highest BCUT2D eigenvalue weighted by molar-refractivity contribution is 6.18. The number of hydrogen-bond acceptors (Lipinski definition) is 3. The smallest absolute Gasteiger partial charge is 0.0943 e. The number of aromatic nitrogens is 1. The first kappa shape index (κ1) is 12.7. The standard InChI is InChI=1S/C17H17N3/c1-13-16(15-4-2-3-5-17(15)20-13)12-19-11-8-14-6-9-18-10-7-14/h2-7,9-10,12,17H,8,11H2,1H3. The number of fused-ring (bicyclic) bond motifs is 1. The van der Waals surface area contributed by atoms with Gasteiger partial charge >= 0.3 is 0 Å². The maximum atomic E-state index is 4.63. The molecule has 100 valence electrons. The van der Waals surface area contributed by atoms with E-state index in [1.807, 2.05) is 30.7 Å². The summed E-state index contributed by atoms with van der Waals surface area (Å²) in [5.74, 6) is 0. The predicted octanol–water partition coefficient (Wildman–Crippen LogP) is 2.96. The molecule has 3 rings (SSSR count). The number of rotatable bonds is 4. The van der Waals surface area contributed by atoms with Crippen LogP contribution in [0.4, 0.5) is 0 Å². The van der Waals surface area contributed by atoms with Crippen LogP contribution in [-0.2, 0) is 6.42 Å². The molecule has 0 spiro atoms.